The van der Waals surface area contributed by atoms with Crippen molar-refractivity contribution in [2.24, 2.45) is 0 Å². The van der Waals surface area contributed by atoms with Crippen LogP contribution in [0.25, 0.3) is 0 Å². The highest BCUT2D eigenvalue weighted by Crippen LogP contribution is 2.58. The van der Waals surface area contributed by atoms with Crippen molar-refractivity contribution in [1.29, 1.82) is 0 Å². The van der Waals surface area contributed by atoms with E-state index in [0.29, 0.717) is 24.4 Å². The van der Waals surface area contributed by atoms with Crippen LogP contribution in [0.2, 0.25) is 0 Å². The predicted molar refractivity (Wildman–Crippen MR) is 144 cm³/mol. The van der Waals surface area contributed by atoms with Gasteiger partial charge in [0.1, 0.15) is 11.2 Å². The van der Waals surface area contributed by atoms with Crippen LogP contribution < -0.4 is 0 Å². The molecular formula is C31H56O5. The van der Waals surface area contributed by atoms with Crippen LogP contribution in [0.3, 0.4) is 0 Å². The summed E-state index contributed by atoms with van der Waals surface area (Å²) in [6.45, 7) is 9.44. The Morgan fingerprint density at radius 1 is 0.389 bits per heavy atom. The minimum absolute atomic E-state index is 0. The van der Waals surface area contributed by atoms with Crippen LogP contribution in [-0.2, 0) is 18.9 Å². The summed E-state index contributed by atoms with van der Waals surface area (Å²) in [6, 6.07) is 0. The Kier molecular flexibility index (Phi) is 9.20. The van der Waals surface area contributed by atoms with Crippen LogP contribution in [0.5, 0.6) is 0 Å². The highest BCUT2D eigenvalue weighted by Gasteiger charge is 2.71. The molecule has 0 aromatic rings. The van der Waals surface area contributed by atoms with Gasteiger partial charge in [-0.3, -0.25) is 0 Å². The van der Waals surface area contributed by atoms with Crippen molar-refractivity contribution in [3.63, 3.8) is 0 Å². The van der Waals surface area contributed by atoms with Gasteiger partial charge in [-0.15, -0.1) is 0 Å². The minimum atomic E-state index is -0.569. The molecule has 5 heteroatoms. The Balaban J connectivity index is 0.00000304. The number of rotatable bonds is 8. The third kappa shape index (κ3) is 5.30. The summed E-state index contributed by atoms with van der Waals surface area (Å²) >= 11 is 0. The van der Waals surface area contributed by atoms with Crippen molar-refractivity contribution in [2.75, 3.05) is 0 Å². The van der Waals surface area contributed by atoms with Crippen LogP contribution in [0.4, 0.5) is 0 Å². The maximum atomic E-state index is 7.35. The summed E-state index contributed by atoms with van der Waals surface area (Å²) in [7, 11) is 0. The first-order valence-corrected chi connectivity index (χ1v) is 15.5. The fourth-order valence-electron chi connectivity index (χ4n) is 8.38. The molecule has 36 heavy (non-hydrogen) atoms. The molecule has 210 valence electrons. The van der Waals surface area contributed by atoms with Crippen LogP contribution in [0.1, 0.15) is 150 Å². The van der Waals surface area contributed by atoms with E-state index in [9.17, 15) is 0 Å². The zero-order valence-corrected chi connectivity index (χ0v) is 23.9. The molecule has 0 spiro atoms. The summed E-state index contributed by atoms with van der Waals surface area (Å²) < 4.78 is 29.1. The van der Waals surface area contributed by atoms with E-state index < -0.39 is 11.2 Å². The normalized spacial score (nSPS) is 41.7. The molecule has 0 radical (unpaired) electrons. The van der Waals surface area contributed by atoms with Crippen LogP contribution >= 0.6 is 0 Å². The van der Waals surface area contributed by atoms with Gasteiger partial charge in [0.15, 0.2) is 0 Å². The van der Waals surface area contributed by atoms with Gasteiger partial charge in [-0.05, 0) is 91.9 Å². The monoisotopic (exact) mass is 508 g/mol. The van der Waals surface area contributed by atoms with Crippen molar-refractivity contribution in [2.45, 2.75) is 197 Å². The molecule has 0 amide bonds. The molecule has 0 bridgehead atoms. The SMILES string of the molecule is CC1(OC2CCCCC2)CCC(C)(OC2CCCC2)C(C)(OC2CCCC2)C1(C)OC1CCCC1.O. The summed E-state index contributed by atoms with van der Waals surface area (Å²) in [6.07, 6.45) is 24.2. The molecule has 0 aliphatic heterocycles. The van der Waals surface area contributed by atoms with Gasteiger partial charge in [-0.2, -0.15) is 0 Å². The zero-order valence-electron chi connectivity index (χ0n) is 23.9. The first-order valence-electron chi connectivity index (χ1n) is 15.5. The summed E-state index contributed by atoms with van der Waals surface area (Å²) in [4.78, 5) is 0. The van der Waals surface area contributed by atoms with Gasteiger partial charge < -0.3 is 24.4 Å². The van der Waals surface area contributed by atoms with Crippen molar-refractivity contribution in [1.82, 2.24) is 0 Å². The van der Waals surface area contributed by atoms with Gasteiger partial charge in [0.2, 0.25) is 0 Å². The molecule has 0 aromatic heterocycles. The standard InChI is InChI=1S/C31H54O4.H2O/c1-28(32-24-14-6-5-7-15-24)22-23-29(2,33-25-16-8-9-17-25)31(4,35-27-20-12-13-21-27)30(28,3)34-26-18-10-11-19-26;/h24-27H,5-23H2,1-4H3;1H2. The smallest absolute Gasteiger partial charge is 0.126 e. The Labute approximate surface area is 221 Å². The zero-order chi connectivity index (χ0) is 24.6. The maximum absolute atomic E-state index is 7.35. The van der Waals surface area contributed by atoms with E-state index in [1.165, 1.54) is 83.5 Å². The van der Waals surface area contributed by atoms with Crippen molar-refractivity contribution in [3.8, 4) is 0 Å². The Morgan fingerprint density at radius 2 is 0.639 bits per heavy atom. The highest BCUT2D eigenvalue weighted by molar-refractivity contribution is 5.22. The topological polar surface area (TPSA) is 68.4 Å². The molecule has 5 aliphatic rings. The lowest BCUT2D eigenvalue weighted by Crippen LogP contribution is -2.79. The van der Waals surface area contributed by atoms with Gasteiger partial charge in [-0.25, -0.2) is 0 Å². The van der Waals surface area contributed by atoms with E-state index in [1.807, 2.05) is 0 Å². The van der Waals surface area contributed by atoms with E-state index >= 15 is 0 Å². The molecule has 0 heterocycles. The van der Waals surface area contributed by atoms with Crippen LogP contribution in [-0.4, -0.2) is 52.3 Å². The van der Waals surface area contributed by atoms with E-state index in [-0.39, 0.29) is 16.7 Å². The van der Waals surface area contributed by atoms with Gasteiger partial charge in [-0.1, -0.05) is 57.8 Å². The molecule has 2 N–H and O–H groups in total. The average molecular weight is 509 g/mol. The minimum Gasteiger partial charge on any atom is -0.412 e. The van der Waals surface area contributed by atoms with E-state index in [4.69, 9.17) is 18.9 Å². The number of hydrogen-bond donors (Lipinski definition) is 0. The lowest BCUT2D eigenvalue weighted by atomic mass is 9.57. The van der Waals surface area contributed by atoms with Gasteiger partial charge >= 0.3 is 0 Å². The Hall–Kier alpha value is -0.200. The quantitative estimate of drug-likeness (QED) is 0.347. The second-order valence-electron chi connectivity index (χ2n) is 13.5. The van der Waals surface area contributed by atoms with E-state index in [0.717, 1.165) is 38.5 Å². The summed E-state index contributed by atoms with van der Waals surface area (Å²) in [5.74, 6) is 0. The predicted octanol–water partition coefficient (Wildman–Crippen LogP) is 7.22. The van der Waals surface area contributed by atoms with Crippen molar-refractivity contribution < 1.29 is 24.4 Å². The highest BCUT2D eigenvalue weighted by atomic mass is 16.6. The lowest BCUT2D eigenvalue weighted by molar-refractivity contribution is -0.376. The van der Waals surface area contributed by atoms with E-state index in [1.54, 1.807) is 0 Å². The number of hydrogen-bond acceptors (Lipinski definition) is 4. The van der Waals surface area contributed by atoms with Gasteiger partial charge in [0, 0.05) is 0 Å². The Bertz CT molecular complexity index is 691. The molecule has 4 atom stereocenters. The second-order valence-corrected chi connectivity index (χ2v) is 13.5. The molecule has 5 rings (SSSR count). The summed E-state index contributed by atoms with van der Waals surface area (Å²) in [5.41, 5.74) is -1.90. The van der Waals surface area contributed by atoms with Crippen molar-refractivity contribution in [3.05, 3.63) is 0 Å². The fourth-order valence-corrected chi connectivity index (χ4v) is 8.38. The Morgan fingerprint density at radius 3 is 0.944 bits per heavy atom. The molecule has 5 nitrogen and oxygen atoms in total. The van der Waals surface area contributed by atoms with Crippen molar-refractivity contribution >= 4 is 0 Å². The second kappa shape index (κ2) is 11.5. The maximum Gasteiger partial charge on any atom is 0.126 e. The molecular weight excluding hydrogens is 452 g/mol. The fraction of sp³-hybridized carbons (Fsp3) is 1.00. The van der Waals surface area contributed by atoms with Gasteiger partial charge in [0.05, 0.1) is 35.6 Å². The molecule has 4 unspecified atom stereocenters. The largest absolute Gasteiger partial charge is 0.412 e. The summed E-state index contributed by atoms with van der Waals surface area (Å²) in [5, 5.41) is 0. The first kappa shape index (κ1) is 28.8. The number of ether oxygens (including phenoxy) is 4. The molecule has 5 aliphatic carbocycles. The average Bonchev–Trinajstić information content (AvgIpc) is 3.62. The molecule has 5 fully saturated rings. The third-order valence-corrected chi connectivity index (χ3v) is 11.1. The molecule has 0 saturated heterocycles. The first-order chi connectivity index (χ1) is 16.8. The lowest BCUT2D eigenvalue weighted by Gasteiger charge is -2.66. The van der Waals surface area contributed by atoms with Crippen LogP contribution in [0, 0.1) is 0 Å². The van der Waals surface area contributed by atoms with E-state index in [2.05, 4.69) is 27.7 Å². The molecule has 5 saturated carbocycles. The molecule has 0 aromatic carbocycles. The third-order valence-electron chi connectivity index (χ3n) is 11.1. The van der Waals surface area contributed by atoms with Crippen LogP contribution in [0.15, 0.2) is 0 Å². The van der Waals surface area contributed by atoms with Gasteiger partial charge in [0.25, 0.3) is 0 Å².